The standard InChI is InChI=1S/C13H20N2O/c1-2-12(7-14)13(16)15(8-10-3-4-10)9-11-5-6-11/h10-12H,2-6,8-9H2,1H3. The van der Waals surface area contributed by atoms with Gasteiger partial charge < -0.3 is 4.90 Å². The summed E-state index contributed by atoms with van der Waals surface area (Å²) in [5, 5.41) is 8.95. The summed E-state index contributed by atoms with van der Waals surface area (Å²) in [6, 6.07) is 2.13. The largest absolute Gasteiger partial charge is 0.341 e. The molecule has 0 aromatic carbocycles. The molecule has 2 aliphatic carbocycles. The van der Waals surface area contributed by atoms with Gasteiger partial charge in [0.15, 0.2) is 0 Å². The van der Waals surface area contributed by atoms with Crippen LogP contribution in [-0.4, -0.2) is 23.9 Å². The van der Waals surface area contributed by atoms with Gasteiger partial charge in [-0.3, -0.25) is 4.79 Å². The molecular weight excluding hydrogens is 200 g/mol. The third kappa shape index (κ3) is 2.98. The van der Waals surface area contributed by atoms with Crippen LogP contribution in [-0.2, 0) is 4.79 Å². The van der Waals surface area contributed by atoms with Crippen LogP contribution in [0.3, 0.4) is 0 Å². The molecule has 1 amide bonds. The number of hydrogen-bond donors (Lipinski definition) is 0. The summed E-state index contributed by atoms with van der Waals surface area (Å²) in [6.45, 7) is 3.71. The Morgan fingerprint density at radius 2 is 1.81 bits per heavy atom. The number of carbonyl (C=O) groups is 1. The monoisotopic (exact) mass is 220 g/mol. The van der Waals surface area contributed by atoms with Gasteiger partial charge in [-0.1, -0.05) is 6.92 Å². The summed E-state index contributed by atoms with van der Waals surface area (Å²) < 4.78 is 0. The van der Waals surface area contributed by atoms with Gasteiger partial charge in [0, 0.05) is 13.1 Å². The molecule has 0 N–H and O–H groups in total. The minimum absolute atomic E-state index is 0.0730. The van der Waals surface area contributed by atoms with E-state index in [0.29, 0.717) is 6.42 Å². The lowest BCUT2D eigenvalue weighted by atomic mass is 10.1. The molecule has 0 saturated heterocycles. The third-order valence-corrected chi connectivity index (χ3v) is 3.52. The molecule has 16 heavy (non-hydrogen) atoms. The first-order valence-corrected chi connectivity index (χ1v) is 6.43. The van der Waals surface area contributed by atoms with Gasteiger partial charge in [0.05, 0.1) is 6.07 Å². The molecule has 2 rings (SSSR count). The van der Waals surface area contributed by atoms with Crippen molar-refractivity contribution < 1.29 is 4.79 Å². The second-order valence-corrected chi connectivity index (χ2v) is 5.22. The minimum Gasteiger partial charge on any atom is -0.341 e. The Hall–Kier alpha value is -1.04. The number of nitrogens with zero attached hydrogens (tertiary/aromatic N) is 2. The molecule has 0 aliphatic heterocycles. The second-order valence-electron chi connectivity index (χ2n) is 5.22. The summed E-state index contributed by atoms with van der Waals surface area (Å²) >= 11 is 0. The highest BCUT2D eigenvalue weighted by atomic mass is 16.2. The maximum Gasteiger partial charge on any atom is 0.239 e. The molecule has 0 spiro atoms. The Morgan fingerprint density at radius 1 is 1.31 bits per heavy atom. The zero-order chi connectivity index (χ0) is 11.5. The molecule has 0 heterocycles. The highest BCUT2D eigenvalue weighted by molar-refractivity contribution is 5.81. The second kappa shape index (κ2) is 4.86. The van der Waals surface area contributed by atoms with Crippen LogP contribution in [0, 0.1) is 29.1 Å². The summed E-state index contributed by atoms with van der Waals surface area (Å²) in [5.74, 6) is 1.10. The van der Waals surface area contributed by atoms with Crippen molar-refractivity contribution >= 4 is 5.91 Å². The Balaban J connectivity index is 1.91. The summed E-state index contributed by atoms with van der Waals surface area (Å²) in [4.78, 5) is 14.1. The van der Waals surface area contributed by atoms with E-state index >= 15 is 0 Å². The van der Waals surface area contributed by atoms with Crippen molar-refractivity contribution in [2.75, 3.05) is 13.1 Å². The number of hydrogen-bond acceptors (Lipinski definition) is 2. The van der Waals surface area contributed by atoms with Crippen LogP contribution in [0.15, 0.2) is 0 Å². The van der Waals surface area contributed by atoms with Crippen LogP contribution in [0.1, 0.15) is 39.0 Å². The molecule has 3 nitrogen and oxygen atoms in total. The van der Waals surface area contributed by atoms with E-state index in [2.05, 4.69) is 6.07 Å². The third-order valence-electron chi connectivity index (χ3n) is 3.52. The molecule has 88 valence electrons. The van der Waals surface area contributed by atoms with Gasteiger partial charge in [0.1, 0.15) is 5.92 Å². The average molecular weight is 220 g/mol. The molecule has 2 fully saturated rings. The van der Waals surface area contributed by atoms with Gasteiger partial charge in [-0.2, -0.15) is 5.26 Å². The topological polar surface area (TPSA) is 44.1 Å². The van der Waals surface area contributed by atoms with E-state index in [1.54, 1.807) is 0 Å². The highest BCUT2D eigenvalue weighted by Gasteiger charge is 2.33. The van der Waals surface area contributed by atoms with Gasteiger partial charge in [0.2, 0.25) is 5.91 Å². The Kier molecular flexibility index (Phi) is 3.48. The van der Waals surface area contributed by atoms with Gasteiger partial charge in [0.25, 0.3) is 0 Å². The van der Waals surface area contributed by atoms with Gasteiger partial charge >= 0.3 is 0 Å². The predicted molar refractivity (Wildman–Crippen MR) is 61.4 cm³/mol. The number of nitriles is 1. The number of amides is 1. The van der Waals surface area contributed by atoms with Crippen molar-refractivity contribution in [3.8, 4) is 6.07 Å². The van der Waals surface area contributed by atoms with Crippen LogP contribution in [0.2, 0.25) is 0 Å². The lowest BCUT2D eigenvalue weighted by Gasteiger charge is -2.24. The predicted octanol–water partition coefficient (Wildman–Crippen LogP) is 2.18. The molecule has 3 heteroatoms. The first-order valence-electron chi connectivity index (χ1n) is 6.43. The van der Waals surface area contributed by atoms with Crippen LogP contribution in [0.4, 0.5) is 0 Å². The lowest BCUT2D eigenvalue weighted by molar-refractivity contribution is -0.134. The van der Waals surface area contributed by atoms with E-state index in [1.165, 1.54) is 25.7 Å². The van der Waals surface area contributed by atoms with E-state index in [4.69, 9.17) is 5.26 Å². The van der Waals surface area contributed by atoms with Crippen molar-refractivity contribution in [1.82, 2.24) is 4.90 Å². The van der Waals surface area contributed by atoms with Crippen LogP contribution in [0.5, 0.6) is 0 Å². The van der Waals surface area contributed by atoms with Gasteiger partial charge in [-0.25, -0.2) is 0 Å². The number of carbonyl (C=O) groups excluding carboxylic acids is 1. The van der Waals surface area contributed by atoms with Crippen molar-refractivity contribution in [3.05, 3.63) is 0 Å². The van der Waals surface area contributed by atoms with Crippen molar-refractivity contribution in [1.29, 1.82) is 5.26 Å². The Bertz CT molecular complexity index is 286. The molecule has 2 saturated carbocycles. The van der Waals surface area contributed by atoms with E-state index < -0.39 is 5.92 Å². The van der Waals surface area contributed by atoms with E-state index in [9.17, 15) is 4.79 Å². The molecule has 0 aromatic rings. The lowest BCUT2D eigenvalue weighted by Crippen LogP contribution is -2.38. The fourth-order valence-corrected chi connectivity index (χ4v) is 2.02. The summed E-state index contributed by atoms with van der Waals surface area (Å²) in [7, 11) is 0. The van der Waals surface area contributed by atoms with Gasteiger partial charge in [-0.15, -0.1) is 0 Å². The van der Waals surface area contributed by atoms with Crippen LogP contribution < -0.4 is 0 Å². The summed E-state index contributed by atoms with van der Waals surface area (Å²) in [6.07, 6.45) is 5.69. The van der Waals surface area contributed by atoms with E-state index in [0.717, 1.165) is 24.9 Å². The molecule has 0 bridgehead atoms. The highest BCUT2D eigenvalue weighted by Crippen LogP contribution is 2.34. The Morgan fingerprint density at radius 3 is 2.12 bits per heavy atom. The minimum atomic E-state index is -0.419. The normalized spacial score (nSPS) is 21.2. The van der Waals surface area contributed by atoms with Crippen LogP contribution >= 0.6 is 0 Å². The van der Waals surface area contributed by atoms with Crippen molar-refractivity contribution in [2.45, 2.75) is 39.0 Å². The summed E-state index contributed by atoms with van der Waals surface area (Å²) in [5.41, 5.74) is 0. The van der Waals surface area contributed by atoms with Crippen molar-refractivity contribution in [2.24, 2.45) is 17.8 Å². The fraction of sp³-hybridized carbons (Fsp3) is 0.846. The van der Waals surface area contributed by atoms with E-state index in [-0.39, 0.29) is 5.91 Å². The maximum atomic E-state index is 12.1. The van der Waals surface area contributed by atoms with E-state index in [1.807, 2.05) is 11.8 Å². The maximum absolute atomic E-state index is 12.1. The average Bonchev–Trinajstić information content (AvgIpc) is 3.13. The van der Waals surface area contributed by atoms with Crippen LogP contribution in [0.25, 0.3) is 0 Å². The molecule has 0 aromatic heterocycles. The SMILES string of the molecule is CCC(C#N)C(=O)N(CC1CC1)CC1CC1. The quantitative estimate of drug-likeness (QED) is 0.688. The molecular formula is C13H20N2O. The molecule has 2 aliphatic rings. The number of rotatable bonds is 6. The first kappa shape index (κ1) is 11.4. The smallest absolute Gasteiger partial charge is 0.239 e. The molecule has 1 unspecified atom stereocenters. The Labute approximate surface area is 97.4 Å². The zero-order valence-electron chi connectivity index (χ0n) is 9.98. The fourth-order valence-electron chi connectivity index (χ4n) is 2.02. The van der Waals surface area contributed by atoms with Gasteiger partial charge in [-0.05, 0) is 43.9 Å². The zero-order valence-corrected chi connectivity index (χ0v) is 9.98. The molecule has 1 atom stereocenters. The molecule has 0 radical (unpaired) electrons. The van der Waals surface area contributed by atoms with Crippen molar-refractivity contribution in [3.63, 3.8) is 0 Å². The first-order chi connectivity index (χ1) is 7.74.